The van der Waals surface area contributed by atoms with Crippen LogP contribution < -0.4 is 19.3 Å². The first kappa shape index (κ1) is 42.1. The lowest BCUT2D eigenvalue weighted by Crippen LogP contribution is -2.38. The number of carbonyl (C=O) groups is 1. The number of methoxy groups -OCH3 is 2. The third-order valence-corrected chi connectivity index (χ3v) is 11.7. The Hall–Kier alpha value is -5.63. The van der Waals surface area contributed by atoms with Crippen LogP contribution in [0.25, 0.3) is 11.2 Å². The molecule has 1 aliphatic heterocycles. The Morgan fingerprint density at radius 3 is 2.02 bits per heavy atom. The Labute approximate surface area is 366 Å². The number of ether oxygens (including phenoxy) is 4. The van der Waals surface area contributed by atoms with Crippen molar-refractivity contribution in [3.05, 3.63) is 171 Å². The van der Waals surface area contributed by atoms with Crippen molar-refractivity contribution < 1.29 is 37.4 Å². The molecule has 1 unspecified atom stereocenters. The van der Waals surface area contributed by atoms with E-state index < -0.39 is 32.3 Å². The molecule has 5 aromatic carbocycles. The second kappa shape index (κ2) is 18.6. The molecule has 8 rings (SSSR count). The van der Waals surface area contributed by atoms with Crippen molar-refractivity contribution in [2.45, 2.75) is 30.5 Å². The number of nitrogens with zero attached hydrogens (tertiary/aromatic N) is 4. The minimum Gasteiger partial charge on any atom is -0.497 e. The topological polar surface area (TPSA) is 145 Å². The van der Waals surface area contributed by atoms with E-state index in [1.54, 1.807) is 43.1 Å². The molecule has 1 saturated heterocycles. The van der Waals surface area contributed by atoms with Crippen molar-refractivity contribution >= 4 is 65.9 Å². The SMILES string of the molecule is COc1ccc(C(OC[C@H]2O[C@@H](n3cnc4c(NC(=O)c5ccccc5)ncnc43)C[C@@H]2O[P+](=O)Oc2c(Cl)cc(Cl)cc2Cl)(c2ccccc2)c2ccc(OC)cc2)cc1. The van der Waals surface area contributed by atoms with Crippen LogP contribution in [0.1, 0.15) is 39.7 Å². The van der Waals surface area contributed by atoms with Gasteiger partial charge in [-0.3, -0.25) is 9.36 Å². The Morgan fingerprint density at radius 2 is 1.41 bits per heavy atom. The van der Waals surface area contributed by atoms with Gasteiger partial charge in [0.05, 0.1) is 37.2 Å². The maximum atomic E-state index is 13.7. The van der Waals surface area contributed by atoms with E-state index in [1.807, 2.05) is 84.9 Å². The zero-order chi connectivity index (χ0) is 42.5. The summed E-state index contributed by atoms with van der Waals surface area (Å²) in [5, 5.41) is 3.21. The van der Waals surface area contributed by atoms with E-state index in [0.717, 1.165) is 16.7 Å². The molecule has 13 nitrogen and oxygen atoms in total. The number of fused-ring (bicyclic) bond motifs is 1. The average Bonchev–Trinajstić information content (AvgIpc) is 3.90. The molecule has 0 spiro atoms. The summed E-state index contributed by atoms with van der Waals surface area (Å²) in [6.45, 7) is -0.0836. The number of hydrogen-bond acceptors (Lipinski definition) is 11. The van der Waals surface area contributed by atoms with Crippen molar-refractivity contribution in [2.24, 2.45) is 0 Å². The first-order chi connectivity index (χ1) is 29.7. The zero-order valence-electron chi connectivity index (χ0n) is 32.5. The molecule has 1 N–H and O–H groups in total. The van der Waals surface area contributed by atoms with Crippen molar-refractivity contribution in [3.63, 3.8) is 0 Å². The number of carbonyl (C=O) groups excluding carboxylic acids is 1. The predicted octanol–water partition coefficient (Wildman–Crippen LogP) is 10.5. The highest BCUT2D eigenvalue weighted by molar-refractivity contribution is 7.33. The van der Waals surface area contributed by atoms with Gasteiger partial charge in [-0.05, 0) is 65.2 Å². The first-order valence-electron chi connectivity index (χ1n) is 18.8. The summed E-state index contributed by atoms with van der Waals surface area (Å²) in [4.78, 5) is 26.4. The summed E-state index contributed by atoms with van der Waals surface area (Å²) < 4.78 is 52.2. The molecule has 4 atom stereocenters. The molecule has 310 valence electrons. The number of amides is 1. The third-order valence-electron chi connectivity index (χ3n) is 10.1. The van der Waals surface area contributed by atoms with E-state index in [2.05, 4.69) is 20.3 Å². The monoisotopic (exact) mass is 898 g/mol. The van der Waals surface area contributed by atoms with Crippen LogP contribution >= 0.6 is 43.1 Å². The minimum absolute atomic E-state index is 0.0521. The highest BCUT2D eigenvalue weighted by Gasteiger charge is 2.47. The van der Waals surface area contributed by atoms with Crippen LogP contribution in [0.5, 0.6) is 17.2 Å². The van der Waals surface area contributed by atoms with Crippen molar-refractivity contribution in [1.29, 1.82) is 0 Å². The van der Waals surface area contributed by atoms with Gasteiger partial charge in [0.1, 0.15) is 41.9 Å². The highest BCUT2D eigenvalue weighted by atomic mass is 35.5. The number of anilines is 1. The third kappa shape index (κ3) is 8.91. The van der Waals surface area contributed by atoms with Gasteiger partial charge in [0, 0.05) is 21.6 Å². The zero-order valence-corrected chi connectivity index (χ0v) is 35.6. The number of aromatic nitrogens is 4. The van der Waals surface area contributed by atoms with E-state index >= 15 is 0 Å². The molecule has 0 bridgehead atoms. The van der Waals surface area contributed by atoms with Crippen molar-refractivity contribution in [3.8, 4) is 17.2 Å². The van der Waals surface area contributed by atoms with Crippen LogP contribution in [0.3, 0.4) is 0 Å². The van der Waals surface area contributed by atoms with E-state index in [4.69, 9.17) is 62.8 Å². The summed E-state index contributed by atoms with van der Waals surface area (Å²) in [5.74, 6) is 1.13. The van der Waals surface area contributed by atoms with Gasteiger partial charge in [-0.2, -0.15) is 0 Å². The highest BCUT2D eigenvalue weighted by Crippen LogP contribution is 2.46. The smallest absolute Gasteiger partial charge is 0.497 e. The van der Waals surface area contributed by atoms with E-state index in [9.17, 15) is 9.36 Å². The van der Waals surface area contributed by atoms with Gasteiger partial charge in [-0.15, -0.1) is 4.52 Å². The van der Waals surface area contributed by atoms with Gasteiger partial charge in [0.25, 0.3) is 5.91 Å². The predicted molar refractivity (Wildman–Crippen MR) is 231 cm³/mol. The summed E-state index contributed by atoms with van der Waals surface area (Å²) in [7, 11) is 0.320. The number of imidazole rings is 1. The molecule has 3 heterocycles. The fourth-order valence-corrected chi connectivity index (χ4v) is 8.99. The van der Waals surface area contributed by atoms with Gasteiger partial charge in [-0.25, -0.2) is 19.5 Å². The number of halogens is 3. The van der Waals surface area contributed by atoms with Gasteiger partial charge in [0.15, 0.2) is 17.0 Å². The van der Waals surface area contributed by atoms with Gasteiger partial charge in [-0.1, -0.05) is 108 Å². The van der Waals surface area contributed by atoms with Crippen LogP contribution in [0.15, 0.2) is 134 Å². The second-order valence-corrected chi connectivity index (χ2v) is 15.8. The fraction of sp³-hybridized carbons (Fsp3) is 0.182. The molecular weight excluding hydrogens is 864 g/mol. The number of nitrogens with one attached hydrogen (secondary N) is 1. The Morgan fingerprint density at radius 1 is 0.820 bits per heavy atom. The quantitative estimate of drug-likeness (QED) is 0.0775. The molecule has 1 fully saturated rings. The summed E-state index contributed by atoms with van der Waals surface area (Å²) in [6.07, 6.45) is 0.484. The molecule has 0 radical (unpaired) electrons. The number of hydrogen-bond donors (Lipinski definition) is 1. The van der Waals surface area contributed by atoms with Crippen LogP contribution in [0.4, 0.5) is 5.82 Å². The minimum atomic E-state index is -2.89. The molecule has 2 aromatic heterocycles. The fourth-order valence-electron chi connectivity index (χ4n) is 7.16. The van der Waals surface area contributed by atoms with Gasteiger partial charge in [0.2, 0.25) is 5.75 Å². The maximum Gasteiger partial charge on any atom is 0.750 e. The number of rotatable bonds is 15. The Kier molecular flexibility index (Phi) is 12.8. The van der Waals surface area contributed by atoms with Crippen molar-refractivity contribution in [1.82, 2.24) is 19.5 Å². The van der Waals surface area contributed by atoms with E-state index in [0.29, 0.717) is 28.2 Å². The van der Waals surface area contributed by atoms with Crippen LogP contribution in [-0.4, -0.2) is 58.5 Å². The molecule has 7 aromatic rings. The van der Waals surface area contributed by atoms with Crippen LogP contribution in [-0.2, 0) is 24.2 Å². The van der Waals surface area contributed by atoms with Gasteiger partial charge < -0.3 is 24.3 Å². The molecule has 0 aliphatic carbocycles. The standard InChI is InChI=1S/C44H35Cl3N5O8P/c1-55-32-17-13-29(14-18-32)44(28-11-7-4-8-12-28,30-15-19-33(56-2)20-16-30)57-24-37-36(59-61(54)60-40-34(46)21-31(45)22-35(40)47)23-38(58-37)52-26-50-39-41(48-25-49-42(39)52)51-43(53)27-9-5-3-6-10-27/h3-22,25-26,36-38H,23-24H2,1-2H3/p+1/t36-,37+,38+/m0/s1. The Bertz CT molecular complexity index is 2590. The van der Waals surface area contributed by atoms with Crippen LogP contribution in [0.2, 0.25) is 15.1 Å². The molecule has 1 amide bonds. The second-order valence-electron chi connectivity index (χ2n) is 13.7. The molecular formula is C44H36Cl3N5O8P+. The lowest BCUT2D eigenvalue weighted by molar-refractivity contribution is -0.0902. The molecule has 0 saturated carbocycles. The lowest BCUT2D eigenvalue weighted by atomic mass is 9.80. The van der Waals surface area contributed by atoms with Gasteiger partial charge >= 0.3 is 8.25 Å². The molecule has 1 aliphatic rings. The Balaban J connectivity index is 1.15. The van der Waals surface area contributed by atoms with E-state index in [1.165, 1.54) is 24.8 Å². The summed E-state index contributed by atoms with van der Waals surface area (Å²) >= 11 is 18.9. The first-order valence-corrected chi connectivity index (χ1v) is 21.0. The van der Waals surface area contributed by atoms with Crippen LogP contribution in [0, 0.1) is 0 Å². The lowest BCUT2D eigenvalue weighted by Gasteiger charge is -2.37. The van der Waals surface area contributed by atoms with Crippen molar-refractivity contribution in [2.75, 3.05) is 26.1 Å². The summed E-state index contributed by atoms with van der Waals surface area (Å²) in [5.41, 5.74) is 2.34. The summed E-state index contributed by atoms with van der Waals surface area (Å²) in [6, 6.07) is 36.6. The number of benzene rings is 5. The largest absolute Gasteiger partial charge is 0.750 e. The molecule has 61 heavy (non-hydrogen) atoms. The van der Waals surface area contributed by atoms with E-state index in [-0.39, 0.29) is 45.6 Å². The normalized spacial score (nSPS) is 16.6. The average molecular weight is 900 g/mol. The maximum absolute atomic E-state index is 13.7. The molecule has 17 heteroatoms.